The topological polar surface area (TPSA) is 282 Å². The van der Waals surface area contributed by atoms with Crippen molar-refractivity contribution in [1.29, 1.82) is 0 Å². The average Bonchev–Trinajstić information content (AvgIpc) is 3.00. The zero-order chi connectivity index (χ0) is 35.9. The van der Waals surface area contributed by atoms with Crippen LogP contribution < -0.4 is 9.92 Å². The Morgan fingerprint density at radius 3 is 2.00 bits per heavy atom. The molecule has 258 valence electrons. The fourth-order valence-electron chi connectivity index (χ4n) is 4.58. The van der Waals surface area contributed by atoms with Crippen LogP contribution in [0.5, 0.6) is 11.5 Å². The first-order valence-corrected chi connectivity index (χ1v) is 18.8. The summed E-state index contributed by atoms with van der Waals surface area (Å²) in [5, 5.41) is 29.0. The fraction of sp³-hybridized carbons (Fsp3) is 0.0370. The molecule has 5 aromatic carbocycles. The Balaban J connectivity index is 1.71. The summed E-state index contributed by atoms with van der Waals surface area (Å²) in [6, 6.07) is 13.9. The van der Waals surface area contributed by atoms with Gasteiger partial charge in [-0.3, -0.25) is 13.7 Å². The monoisotopic (exact) mass is 771 g/mol. The van der Waals surface area contributed by atoms with Gasteiger partial charge in [0.2, 0.25) is 0 Å². The van der Waals surface area contributed by atoms with Crippen molar-refractivity contribution in [3.63, 3.8) is 0 Å². The summed E-state index contributed by atoms with van der Waals surface area (Å²) in [6.45, 7) is 1.86. The number of aryl methyl sites for hydroxylation is 1. The highest BCUT2D eigenvalue weighted by molar-refractivity contribution is 7.95. The van der Waals surface area contributed by atoms with Gasteiger partial charge in [0.05, 0.1) is 40.1 Å². The van der Waals surface area contributed by atoms with Crippen LogP contribution in [0.15, 0.2) is 101 Å². The Hall–Kier alpha value is -4.07. The molecule has 0 saturated heterocycles. The molecule has 0 heterocycles. The molecule has 5 rings (SSSR count). The molecule has 0 unspecified atom stereocenters. The summed E-state index contributed by atoms with van der Waals surface area (Å²) < 4.78 is 114. The van der Waals surface area contributed by atoms with Crippen LogP contribution in [0.2, 0.25) is 0 Å². The van der Waals surface area contributed by atoms with E-state index < -0.39 is 73.2 Å². The van der Waals surface area contributed by atoms with Crippen molar-refractivity contribution < 1.29 is 62.8 Å². The number of azo groups is 1. The van der Waals surface area contributed by atoms with E-state index in [1.165, 1.54) is 6.07 Å². The van der Waals surface area contributed by atoms with Crippen LogP contribution in [0, 0.1) is 6.92 Å². The molecule has 0 bridgehead atoms. The molecule has 0 spiro atoms. The van der Waals surface area contributed by atoms with Gasteiger partial charge in [-0.1, -0.05) is 22.7 Å². The van der Waals surface area contributed by atoms with E-state index in [-0.39, 0.29) is 26.8 Å². The first-order valence-electron chi connectivity index (χ1n) is 13.0. The predicted molar refractivity (Wildman–Crippen MR) is 176 cm³/mol. The molecule has 22 heteroatoms. The normalized spacial score (nSPS) is 12.7. The molecule has 0 aliphatic rings. The number of phenolic OH excluding ortho intramolecular Hbond substituents is 1. The molecule has 0 radical (unpaired) electrons. The number of phenols is 1. The van der Waals surface area contributed by atoms with Gasteiger partial charge < -0.3 is 15.0 Å². The first kappa shape index (κ1) is 36.2. The maximum atomic E-state index is 12.7. The number of benzene rings is 5. The van der Waals surface area contributed by atoms with Crippen LogP contribution in [-0.4, -0.2) is 49.3 Å². The first-order chi connectivity index (χ1) is 22.9. The maximum absolute atomic E-state index is 12.7. The van der Waals surface area contributed by atoms with E-state index in [2.05, 4.69) is 19.6 Å². The largest absolute Gasteiger partial charge is 0.507 e. The van der Waals surface area contributed by atoms with Crippen molar-refractivity contribution >= 4 is 93.0 Å². The Kier molecular flexibility index (Phi) is 10.1. The SMILES string of the molecule is Cc1ccc(SOc2cc(S(=O)(=O)O)cc3c(S(=O)(=O)O)c(N=Nc4cc(S(=O)(=O)O)c5cc(SOOO)cc(O)c5c4N)ccc23)cc1. The second kappa shape index (κ2) is 13.7. The Labute approximate surface area is 285 Å². The quantitative estimate of drug-likeness (QED) is 0.0216. The van der Waals surface area contributed by atoms with E-state index in [9.17, 15) is 44.0 Å². The summed E-state index contributed by atoms with van der Waals surface area (Å²) in [7, 11) is -15.3. The minimum atomic E-state index is -5.25. The highest BCUT2D eigenvalue weighted by Gasteiger charge is 2.26. The number of anilines is 1. The third-order valence-electron chi connectivity index (χ3n) is 6.68. The van der Waals surface area contributed by atoms with Gasteiger partial charge in [-0.25, -0.2) is 5.26 Å². The van der Waals surface area contributed by atoms with Gasteiger partial charge in [0, 0.05) is 32.0 Å². The second-order valence-electron chi connectivity index (χ2n) is 9.93. The highest BCUT2D eigenvalue weighted by atomic mass is 32.2. The number of hydrogen-bond acceptors (Lipinski definition) is 16. The van der Waals surface area contributed by atoms with Crippen molar-refractivity contribution in [1.82, 2.24) is 0 Å². The van der Waals surface area contributed by atoms with E-state index in [0.717, 1.165) is 54.0 Å². The third-order valence-corrected chi connectivity index (χ3v) is 10.6. The molecule has 0 saturated carbocycles. The summed E-state index contributed by atoms with van der Waals surface area (Å²) in [5.41, 5.74) is 5.61. The Morgan fingerprint density at radius 2 is 1.39 bits per heavy atom. The van der Waals surface area contributed by atoms with Gasteiger partial charge in [0.1, 0.15) is 32.7 Å². The predicted octanol–water partition coefficient (Wildman–Crippen LogP) is 6.26. The summed E-state index contributed by atoms with van der Waals surface area (Å²) >= 11 is 1.15. The summed E-state index contributed by atoms with van der Waals surface area (Å²) in [5.74, 6) is -0.858. The lowest BCUT2D eigenvalue weighted by atomic mass is 10.1. The molecule has 0 aliphatic carbocycles. The molecular formula is C27H21N3O14S5. The van der Waals surface area contributed by atoms with E-state index in [0.29, 0.717) is 16.9 Å². The molecule has 0 atom stereocenters. The number of fused-ring (bicyclic) bond motifs is 2. The number of nitrogens with two attached hydrogens (primary N) is 1. The number of nitrogens with zero attached hydrogens (tertiary/aromatic N) is 2. The zero-order valence-electron chi connectivity index (χ0n) is 24.3. The molecule has 17 nitrogen and oxygen atoms in total. The molecule has 5 aromatic rings. The van der Waals surface area contributed by atoms with Crippen LogP contribution in [-0.2, 0) is 39.7 Å². The van der Waals surface area contributed by atoms with E-state index in [4.69, 9.17) is 15.2 Å². The standard InChI is InChI=1S/C27H21N3O14S5/c1-13-2-4-14(5-3-13)45-42-23-11-16(47(33,34)35)10-18-17(23)6-7-20(27(18)49(39,40)41)29-30-21-12-24(48(36,37)38)19-8-15(46-44-43-32)9-22(31)25(19)26(21)28/h2-12,31-32H,28H2,1H3,(H,33,34,35)(H,36,37,38)(H,39,40,41). The van der Waals surface area contributed by atoms with E-state index in [1.54, 1.807) is 24.3 Å². The zero-order valence-corrected chi connectivity index (χ0v) is 28.4. The van der Waals surface area contributed by atoms with Gasteiger partial charge in [-0.2, -0.15) is 25.3 Å². The Bertz CT molecular complexity index is 2490. The Morgan fingerprint density at radius 1 is 0.714 bits per heavy atom. The number of hydrogen-bond donors (Lipinski definition) is 6. The van der Waals surface area contributed by atoms with Gasteiger partial charge >= 0.3 is 0 Å². The molecule has 0 amide bonds. The lowest BCUT2D eigenvalue weighted by Crippen LogP contribution is -2.03. The van der Waals surface area contributed by atoms with Gasteiger partial charge in [-0.05, 0) is 55.5 Å². The van der Waals surface area contributed by atoms with Crippen LogP contribution in [0.3, 0.4) is 0 Å². The van der Waals surface area contributed by atoms with Gasteiger partial charge in [-0.15, -0.1) is 14.6 Å². The summed E-state index contributed by atoms with van der Waals surface area (Å²) in [4.78, 5) is -2.01. The minimum absolute atomic E-state index is 0.00318. The van der Waals surface area contributed by atoms with Crippen molar-refractivity contribution in [2.75, 3.05) is 5.73 Å². The van der Waals surface area contributed by atoms with Crippen molar-refractivity contribution in [2.24, 2.45) is 10.2 Å². The lowest BCUT2D eigenvalue weighted by Gasteiger charge is -2.14. The molecule has 0 aromatic heterocycles. The third kappa shape index (κ3) is 7.89. The van der Waals surface area contributed by atoms with E-state index >= 15 is 0 Å². The van der Waals surface area contributed by atoms with Gasteiger partial charge in [0.15, 0.2) is 0 Å². The lowest BCUT2D eigenvalue weighted by molar-refractivity contribution is -0.432. The van der Waals surface area contributed by atoms with Crippen LogP contribution in [0.4, 0.5) is 17.1 Å². The number of nitrogen functional groups attached to an aromatic ring is 1. The smallest absolute Gasteiger partial charge is 0.297 e. The van der Waals surface area contributed by atoms with Crippen LogP contribution in [0.25, 0.3) is 21.5 Å². The second-order valence-corrected chi connectivity index (χ2v) is 15.7. The molecule has 49 heavy (non-hydrogen) atoms. The fourth-order valence-corrected chi connectivity index (χ4v) is 7.63. The molecule has 7 N–H and O–H groups in total. The van der Waals surface area contributed by atoms with Crippen LogP contribution in [0.1, 0.15) is 5.56 Å². The van der Waals surface area contributed by atoms with Gasteiger partial charge in [0.25, 0.3) is 30.4 Å². The number of rotatable bonds is 11. The average molecular weight is 772 g/mol. The molecular weight excluding hydrogens is 751 g/mol. The van der Waals surface area contributed by atoms with E-state index in [1.807, 2.05) is 6.92 Å². The van der Waals surface area contributed by atoms with Crippen molar-refractivity contribution in [3.05, 3.63) is 72.3 Å². The number of aromatic hydroxyl groups is 1. The van der Waals surface area contributed by atoms with Crippen LogP contribution >= 0.6 is 24.1 Å². The maximum Gasteiger partial charge on any atom is 0.297 e. The molecule has 0 fully saturated rings. The minimum Gasteiger partial charge on any atom is -0.507 e. The highest BCUT2D eigenvalue weighted by Crippen LogP contribution is 2.45. The van der Waals surface area contributed by atoms with Crippen molar-refractivity contribution in [3.8, 4) is 11.5 Å². The van der Waals surface area contributed by atoms with Crippen molar-refractivity contribution in [2.45, 2.75) is 31.4 Å². The molecule has 0 aliphatic heterocycles. The summed E-state index contributed by atoms with van der Waals surface area (Å²) in [6.07, 6.45) is 0.